The van der Waals surface area contributed by atoms with Crippen LogP contribution in [0.15, 0.2) is 48.8 Å². The van der Waals surface area contributed by atoms with Gasteiger partial charge < -0.3 is 15.7 Å². The Morgan fingerprint density at radius 2 is 1.75 bits per heavy atom. The maximum absolute atomic E-state index is 14.5. The largest absolute Gasteiger partial charge is 0.364 e. The minimum atomic E-state index is -0.995. The van der Waals surface area contributed by atoms with Gasteiger partial charge in [-0.3, -0.25) is 9.59 Å². The van der Waals surface area contributed by atoms with Crippen LogP contribution in [0.5, 0.6) is 0 Å². The number of H-pyrrole nitrogens is 2. The Kier molecular flexibility index (Phi) is 4.07. The molecular formula is C18H12F2N6O2. The van der Waals surface area contributed by atoms with Crippen molar-refractivity contribution in [1.82, 2.24) is 19.9 Å². The lowest BCUT2D eigenvalue weighted by atomic mass is 10.2. The van der Waals surface area contributed by atoms with Crippen molar-refractivity contribution in [1.29, 1.82) is 0 Å². The van der Waals surface area contributed by atoms with Crippen LogP contribution >= 0.6 is 0 Å². The molecule has 4 rings (SSSR count). The second-order valence-electron chi connectivity index (χ2n) is 5.78. The van der Waals surface area contributed by atoms with Crippen molar-refractivity contribution >= 4 is 34.5 Å². The van der Waals surface area contributed by atoms with Crippen LogP contribution in [0.25, 0.3) is 11.0 Å². The standard InChI is InChI=1S/C18H12F2N6O2/c19-9-4-3-5-10(20)15(9)26(17(28)14-13(16(21)27)22-8-23-14)18-24-11-6-1-2-7-12(11)25-18/h1-8H,(H2,21,27)(H,22,23)(H,24,25). The second kappa shape index (κ2) is 6.58. The molecule has 0 aliphatic rings. The number of carbonyl (C=O) groups is 2. The summed E-state index contributed by atoms with van der Waals surface area (Å²) in [5, 5.41) is 0. The summed E-state index contributed by atoms with van der Waals surface area (Å²) in [5.74, 6) is -4.07. The first kappa shape index (κ1) is 17.3. The van der Waals surface area contributed by atoms with E-state index in [9.17, 15) is 18.4 Å². The highest BCUT2D eigenvalue weighted by Crippen LogP contribution is 2.31. The van der Waals surface area contributed by atoms with Gasteiger partial charge in [-0.05, 0) is 24.3 Å². The van der Waals surface area contributed by atoms with Crippen LogP contribution in [0.2, 0.25) is 0 Å². The van der Waals surface area contributed by atoms with Crippen molar-refractivity contribution in [2.75, 3.05) is 4.90 Å². The number of nitrogens with zero attached hydrogens (tertiary/aromatic N) is 3. The smallest absolute Gasteiger partial charge is 0.286 e. The van der Waals surface area contributed by atoms with Gasteiger partial charge in [0.1, 0.15) is 23.0 Å². The average molecular weight is 382 g/mol. The number of benzene rings is 2. The van der Waals surface area contributed by atoms with Crippen LogP contribution in [0, 0.1) is 11.6 Å². The van der Waals surface area contributed by atoms with Crippen molar-refractivity contribution in [2.45, 2.75) is 0 Å². The lowest BCUT2D eigenvalue weighted by Crippen LogP contribution is -2.31. The molecule has 2 amide bonds. The van der Waals surface area contributed by atoms with Crippen molar-refractivity contribution in [3.8, 4) is 0 Å². The van der Waals surface area contributed by atoms with Crippen molar-refractivity contribution in [2.24, 2.45) is 5.73 Å². The van der Waals surface area contributed by atoms with Gasteiger partial charge in [-0.15, -0.1) is 0 Å². The summed E-state index contributed by atoms with van der Waals surface area (Å²) in [7, 11) is 0. The first-order valence-electron chi connectivity index (χ1n) is 8.03. The zero-order valence-corrected chi connectivity index (χ0v) is 14.1. The third kappa shape index (κ3) is 2.76. The highest BCUT2D eigenvalue weighted by molar-refractivity contribution is 6.14. The minimum absolute atomic E-state index is 0.145. The van der Waals surface area contributed by atoms with E-state index in [-0.39, 0.29) is 11.6 Å². The number of fused-ring (bicyclic) bond motifs is 1. The molecule has 0 unspecified atom stereocenters. The lowest BCUT2D eigenvalue weighted by molar-refractivity contribution is 0.0960. The molecule has 8 nitrogen and oxygen atoms in total. The van der Waals surface area contributed by atoms with Crippen molar-refractivity contribution in [3.63, 3.8) is 0 Å². The summed E-state index contributed by atoms with van der Waals surface area (Å²) in [6.07, 6.45) is 1.09. The minimum Gasteiger partial charge on any atom is -0.364 e. The van der Waals surface area contributed by atoms with E-state index in [0.717, 1.165) is 18.5 Å². The van der Waals surface area contributed by atoms with Crippen molar-refractivity contribution < 1.29 is 18.4 Å². The average Bonchev–Trinajstić information content (AvgIpc) is 3.31. The maximum Gasteiger partial charge on any atom is 0.286 e. The van der Waals surface area contributed by atoms with Gasteiger partial charge in [-0.25, -0.2) is 23.6 Å². The molecule has 0 aliphatic carbocycles. The van der Waals surface area contributed by atoms with Gasteiger partial charge in [-0.1, -0.05) is 18.2 Å². The number of nitrogens with two attached hydrogens (primary N) is 1. The first-order chi connectivity index (χ1) is 13.5. The van der Waals surface area contributed by atoms with E-state index in [4.69, 9.17) is 5.73 Å². The third-order valence-electron chi connectivity index (χ3n) is 4.04. The van der Waals surface area contributed by atoms with Crippen LogP contribution in [0.3, 0.4) is 0 Å². The number of aromatic nitrogens is 4. The van der Waals surface area contributed by atoms with Gasteiger partial charge in [0.15, 0.2) is 5.69 Å². The molecule has 0 saturated carbocycles. The molecular weight excluding hydrogens is 370 g/mol. The van der Waals surface area contributed by atoms with Gasteiger partial charge >= 0.3 is 0 Å². The van der Waals surface area contributed by atoms with E-state index in [1.807, 2.05) is 0 Å². The Hall–Kier alpha value is -4.08. The fourth-order valence-electron chi connectivity index (χ4n) is 2.80. The SMILES string of the molecule is NC(=O)c1[nH]cnc1C(=O)N(c1nc2ccccc2[nH]1)c1c(F)cccc1F. The number of primary amides is 1. The number of para-hydroxylation sites is 3. The molecule has 0 radical (unpaired) electrons. The van der Waals surface area contributed by atoms with E-state index in [2.05, 4.69) is 19.9 Å². The van der Waals surface area contributed by atoms with E-state index in [1.165, 1.54) is 6.07 Å². The number of rotatable bonds is 4. The molecule has 0 atom stereocenters. The normalized spacial score (nSPS) is 10.9. The highest BCUT2D eigenvalue weighted by Gasteiger charge is 2.32. The third-order valence-corrected chi connectivity index (χ3v) is 4.04. The molecule has 2 aromatic carbocycles. The molecule has 2 aromatic heterocycles. The number of amides is 2. The van der Waals surface area contributed by atoms with Crippen LogP contribution in [0.1, 0.15) is 21.0 Å². The molecule has 140 valence electrons. The molecule has 4 N–H and O–H groups in total. The van der Waals surface area contributed by atoms with Crippen LogP contribution in [0.4, 0.5) is 20.4 Å². The molecule has 0 bridgehead atoms. The van der Waals surface area contributed by atoms with Crippen LogP contribution in [-0.4, -0.2) is 31.8 Å². The molecule has 0 spiro atoms. The van der Waals surface area contributed by atoms with E-state index in [0.29, 0.717) is 15.9 Å². The Balaban J connectivity index is 1.95. The zero-order valence-electron chi connectivity index (χ0n) is 14.1. The number of halogens is 2. The number of carbonyl (C=O) groups excluding carboxylic acids is 2. The van der Waals surface area contributed by atoms with Gasteiger partial charge in [0.2, 0.25) is 5.95 Å². The lowest BCUT2D eigenvalue weighted by Gasteiger charge is -2.20. The topological polar surface area (TPSA) is 121 Å². The number of nitrogens with one attached hydrogen (secondary N) is 2. The molecule has 0 fully saturated rings. The number of anilines is 2. The Morgan fingerprint density at radius 3 is 2.43 bits per heavy atom. The quantitative estimate of drug-likeness (QED) is 0.502. The van der Waals surface area contributed by atoms with E-state index in [1.54, 1.807) is 24.3 Å². The summed E-state index contributed by atoms with van der Waals surface area (Å²) in [5.41, 5.74) is 4.92. The molecule has 0 aliphatic heterocycles. The molecule has 2 heterocycles. The Labute approximate surface area is 156 Å². The zero-order chi connectivity index (χ0) is 19.8. The summed E-state index contributed by atoms with van der Waals surface area (Å²) in [6.45, 7) is 0. The molecule has 28 heavy (non-hydrogen) atoms. The highest BCUT2D eigenvalue weighted by atomic mass is 19.1. The summed E-state index contributed by atoms with van der Waals surface area (Å²) in [6, 6.07) is 9.98. The van der Waals surface area contributed by atoms with E-state index >= 15 is 0 Å². The number of imidazole rings is 2. The van der Waals surface area contributed by atoms with Crippen LogP contribution < -0.4 is 10.6 Å². The Bertz CT molecular complexity index is 1160. The van der Waals surface area contributed by atoms with Crippen molar-refractivity contribution in [3.05, 3.63) is 71.8 Å². The van der Waals surface area contributed by atoms with E-state index < -0.39 is 34.8 Å². The van der Waals surface area contributed by atoms with Crippen LogP contribution in [-0.2, 0) is 0 Å². The monoisotopic (exact) mass is 382 g/mol. The summed E-state index contributed by atoms with van der Waals surface area (Å²) >= 11 is 0. The number of hydrogen-bond donors (Lipinski definition) is 3. The van der Waals surface area contributed by atoms with Gasteiger partial charge in [-0.2, -0.15) is 0 Å². The number of hydrogen-bond acceptors (Lipinski definition) is 4. The number of aromatic amines is 2. The molecule has 4 aromatic rings. The Morgan fingerprint density at radius 1 is 1.04 bits per heavy atom. The van der Waals surface area contributed by atoms with Gasteiger partial charge in [0, 0.05) is 0 Å². The summed E-state index contributed by atoms with van der Waals surface area (Å²) in [4.78, 5) is 38.7. The maximum atomic E-state index is 14.5. The molecule has 0 saturated heterocycles. The molecule has 10 heteroatoms. The van der Waals surface area contributed by atoms with Gasteiger partial charge in [0.05, 0.1) is 17.4 Å². The first-order valence-corrected chi connectivity index (χ1v) is 8.03. The fraction of sp³-hybridized carbons (Fsp3) is 0. The fourth-order valence-corrected chi connectivity index (χ4v) is 2.80. The second-order valence-corrected chi connectivity index (χ2v) is 5.78. The summed E-state index contributed by atoms with van der Waals surface area (Å²) < 4.78 is 29.0. The van der Waals surface area contributed by atoms with Gasteiger partial charge in [0.25, 0.3) is 11.8 Å². The predicted octanol–water partition coefficient (Wildman–Crippen LogP) is 2.64. The predicted molar refractivity (Wildman–Crippen MR) is 96.0 cm³/mol.